The summed E-state index contributed by atoms with van der Waals surface area (Å²) in [5.74, 6) is 0.442. The topological polar surface area (TPSA) is 73.9 Å². The fourth-order valence-corrected chi connectivity index (χ4v) is 3.40. The molecule has 8 heteroatoms. The third-order valence-electron chi connectivity index (χ3n) is 5.28. The number of hydrogen-bond acceptors (Lipinski definition) is 7. The van der Waals surface area contributed by atoms with Crippen molar-refractivity contribution in [1.29, 1.82) is 0 Å². The van der Waals surface area contributed by atoms with E-state index in [1.54, 1.807) is 17.1 Å². The van der Waals surface area contributed by atoms with Crippen molar-refractivity contribution in [3.05, 3.63) is 66.0 Å². The summed E-state index contributed by atoms with van der Waals surface area (Å²) in [6, 6.07) is 16.6. The summed E-state index contributed by atoms with van der Waals surface area (Å²) in [4.78, 5) is 4.61. The van der Waals surface area contributed by atoms with E-state index in [1.807, 2.05) is 12.1 Å². The molecule has 0 radical (unpaired) electrons. The van der Waals surface area contributed by atoms with Gasteiger partial charge in [0.15, 0.2) is 0 Å². The van der Waals surface area contributed by atoms with Crippen LogP contribution in [0.3, 0.4) is 0 Å². The molecule has 2 aromatic carbocycles. The lowest BCUT2D eigenvalue weighted by molar-refractivity contribution is 0.866. The van der Waals surface area contributed by atoms with Crippen LogP contribution < -0.4 is 15.2 Å². The van der Waals surface area contributed by atoms with Crippen LogP contribution in [0.2, 0.25) is 0 Å². The van der Waals surface area contributed by atoms with E-state index in [2.05, 4.69) is 99.7 Å². The summed E-state index contributed by atoms with van der Waals surface area (Å²) in [7, 11) is 0. The SMILES string of the molecule is CCN(CC)c1ccc(/C=N\Nc2nncn2/N=C/c2ccc(N(CC)CC)cc2)cc1. The Labute approximate surface area is 190 Å². The van der Waals surface area contributed by atoms with Gasteiger partial charge < -0.3 is 9.80 Å². The van der Waals surface area contributed by atoms with Gasteiger partial charge in [0.2, 0.25) is 0 Å². The monoisotopic (exact) mass is 432 g/mol. The summed E-state index contributed by atoms with van der Waals surface area (Å²) in [6.07, 6.45) is 5.06. The first-order valence-corrected chi connectivity index (χ1v) is 11.1. The molecule has 0 unspecified atom stereocenters. The summed E-state index contributed by atoms with van der Waals surface area (Å²) >= 11 is 0. The minimum absolute atomic E-state index is 0.442. The lowest BCUT2D eigenvalue weighted by atomic mass is 10.2. The molecule has 0 saturated carbocycles. The molecule has 3 aromatic rings. The molecule has 0 fully saturated rings. The Kier molecular flexibility index (Phi) is 8.36. The van der Waals surface area contributed by atoms with E-state index in [0.717, 1.165) is 37.3 Å². The molecule has 1 aromatic heterocycles. The van der Waals surface area contributed by atoms with Crippen molar-refractivity contribution in [2.45, 2.75) is 27.7 Å². The number of aromatic nitrogens is 3. The Bertz CT molecular complexity index is 997. The maximum Gasteiger partial charge on any atom is 0.265 e. The fourth-order valence-electron chi connectivity index (χ4n) is 3.40. The molecule has 0 aliphatic heterocycles. The van der Waals surface area contributed by atoms with Crippen LogP contribution in [0.5, 0.6) is 0 Å². The van der Waals surface area contributed by atoms with E-state index in [9.17, 15) is 0 Å². The van der Waals surface area contributed by atoms with Crippen molar-refractivity contribution >= 4 is 29.8 Å². The van der Waals surface area contributed by atoms with E-state index in [1.165, 1.54) is 17.7 Å². The number of anilines is 3. The predicted octanol–water partition coefficient (Wildman–Crippen LogP) is 4.30. The minimum Gasteiger partial charge on any atom is -0.372 e. The van der Waals surface area contributed by atoms with Gasteiger partial charge >= 0.3 is 0 Å². The van der Waals surface area contributed by atoms with Crippen LogP contribution in [0.25, 0.3) is 0 Å². The molecule has 1 N–H and O–H groups in total. The number of nitrogens with zero attached hydrogens (tertiary/aromatic N) is 7. The molecule has 0 saturated heterocycles. The molecule has 3 rings (SSSR count). The lowest BCUT2D eigenvalue weighted by Gasteiger charge is -2.20. The Balaban J connectivity index is 1.61. The van der Waals surface area contributed by atoms with Crippen LogP contribution in [-0.4, -0.2) is 53.5 Å². The summed E-state index contributed by atoms with van der Waals surface area (Å²) in [5, 5.41) is 16.7. The largest absolute Gasteiger partial charge is 0.372 e. The summed E-state index contributed by atoms with van der Waals surface area (Å²) < 4.78 is 1.55. The molecular formula is C24H32N8. The summed E-state index contributed by atoms with van der Waals surface area (Å²) in [5.41, 5.74) is 7.31. The lowest BCUT2D eigenvalue weighted by Crippen LogP contribution is -2.21. The molecule has 168 valence electrons. The second kappa shape index (κ2) is 11.6. The third-order valence-corrected chi connectivity index (χ3v) is 5.28. The van der Waals surface area contributed by atoms with E-state index < -0.39 is 0 Å². The Hall–Kier alpha value is -3.68. The second-order valence-corrected chi connectivity index (χ2v) is 7.14. The van der Waals surface area contributed by atoms with Crippen LogP contribution in [0.1, 0.15) is 38.8 Å². The van der Waals surface area contributed by atoms with Crippen molar-refractivity contribution in [1.82, 2.24) is 14.9 Å². The van der Waals surface area contributed by atoms with Crippen LogP contribution in [0.4, 0.5) is 17.3 Å². The van der Waals surface area contributed by atoms with Crippen molar-refractivity contribution < 1.29 is 0 Å². The van der Waals surface area contributed by atoms with Gasteiger partial charge in [-0.1, -0.05) is 24.3 Å². The minimum atomic E-state index is 0.442. The van der Waals surface area contributed by atoms with Gasteiger partial charge in [0, 0.05) is 37.6 Å². The van der Waals surface area contributed by atoms with Gasteiger partial charge in [0.05, 0.1) is 12.4 Å². The van der Waals surface area contributed by atoms with Crippen LogP contribution in [0, 0.1) is 0 Å². The first kappa shape index (κ1) is 23.0. The molecule has 0 amide bonds. The standard InChI is InChI=1S/C24H32N8/c1-5-30(6-2)22-13-9-20(10-14-22)17-25-28-24-29-26-19-32(24)27-18-21-11-15-23(16-12-21)31(7-3)8-4/h9-19H,5-8H2,1-4H3,(H,28,29)/b25-17-,27-18+. The van der Waals surface area contributed by atoms with E-state index >= 15 is 0 Å². The molecule has 0 aliphatic rings. The maximum absolute atomic E-state index is 4.44. The molecule has 0 bridgehead atoms. The number of rotatable bonds is 11. The normalized spacial score (nSPS) is 11.4. The average molecular weight is 433 g/mol. The third kappa shape index (κ3) is 5.94. The van der Waals surface area contributed by atoms with E-state index in [4.69, 9.17) is 0 Å². The quantitative estimate of drug-likeness (QED) is 0.361. The summed E-state index contributed by atoms with van der Waals surface area (Å²) in [6.45, 7) is 12.6. The molecule has 1 heterocycles. The smallest absolute Gasteiger partial charge is 0.265 e. The molecule has 8 nitrogen and oxygen atoms in total. The van der Waals surface area contributed by atoms with Gasteiger partial charge in [-0.3, -0.25) is 0 Å². The van der Waals surface area contributed by atoms with E-state index in [0.29, 0.717) is 5.95 Å². The Morgan fingerprint density at radius 3 is 1.78 bits per heavy atom. The van der Waals surface area contributed by atoms with Crippen molar-refractivity contribution in [3.63, 3.8) is 0 Å². The Morgan fingerprint density at radius 1 is 0.781 bits per heavy atom. The van der Waals surface area contributed by atoms with Crippen molar-refractivity contribution in [2.24, 2.45) is 10.2 Å². The highest BCUT2D eigenvalue weighted by Crippen LogP contribution is 2.15. The first-order valence-electron chi connectivity index (χ1n) is 11.1. The highest BCUT2D eigenvalue weighted by atomic mass is 15.5. The molecule has 0 aliphatic carbocycles. The first-order chi connectivity index (χ1) is 15.7. The van der Waals surface area contributed by atoms with Gasteiger partial charge in [-0.2, -0.15) is 14.9 Å². The average Bonchev–Trinajstić information content (AvgIpc) is 3.28. The van der Waals surface area contributed by atoms with Gasteiger partial charge in [-0.05, 0) is 63.1 Å². The van der Waals surface area contributed by atoms with Crippen LogP contribution in [0.15, 0.2) is 65.1 Å². The van der Waals surface area contributed by atoms with Gasteiger partial charge in [0.25, 0.3) is 5.95 Å². The maximum atomic E-state index is 4.44. The van der Waals surface area contributed by atoms with Crippen molar-refractivity contribution in [3.8, 4) is 0 Å². The van der Waals surface area contributed by atoms with Gasteiger partial charge in [-0.15, -0.1) is 10.2 Å². The highest BCUT2D eigenvalue weighted by Gasteiger charge is 2.03. The molecule has 0 spiro atoms. The number of benzene rings is 2. The Morgan fingerprint density at radius 2 is 1.28 bits per heavy atom. The van der Waals surface area contributed by atoms with Crippen LogP contribution >= 0.6 is 0 Å². The number of nitrogens with one attached hydrogen (secondary N) is 1. The molecule has 32 heavy (non-hydrogen) atoms. The molecular weight excluding hydrogens is 400 g/mol. The van der Waals surface area contributed by atoms with Crippen LogP contribution in [-0.2, 0) is 0 Å². The zero-order valence-electron chi connectivity index (χ0n) is 19.3. The van der Waals surface area contributed by atoms with Crippen molar-refractivity contribution in [2.75, 3.05) is 41.4 Å². The van der Waals surface area contributed by atoms with Gasteiger partial charge in [0.1, 0.15) is 6.33 Å². The second-order valence-electron chi connectivity index (χ2n) is 7.14. The zero-order chi connectivity index (χ0) is 22.8. The fraction of sp³-hybridized carbons (Fsp3) is 0.333. The van der Waals surface area contributed by atoms with Gasteiger partial charge in [-0.25, -0.2) is 5.43 Å². The molecule has 0 atom stereocenters. The number of hydrazone groups is 1. The van der Waals surface area contributed by atoms with E-state index in [-0.39, 0.29) is 0 Å². The predicted molar refractivity (Wildman–Crippen MR) is 134 cm³/mol. The highest BCUT2D eigenvalue weighted by molar-refractivity contribution is 5.81. The zero-order valence-corrected chi connectivity index (χ0v) is 19.3. The number of hydrogen-bond donors (Lipinski definition) is 1.